The highest BCUT2D eigenvalue weighted by Gasteiger charge is 2.36. The van der Waals surface area contributed by atoms with Gasteiger partial charge in [0.25, 0.3) is 5.69 Å². The van der Waals surface area contributed by atoms with Crippen LogP contribution in [0.3, 0.4) is 0 Å². The zero-order chi connectivity index (χ0) is 25.0. The molecule has 0 saturated heterocycles. The summed E-state index contributed by atoms with van der Waals surface area (Å²) in [6.07, 6.45) is 2.02. The van der Waals surface area contributed by atoms with Gasteiger partial charge in [-0.15, -0.1) is 0 Å². The van der Waals surface area contributed by atoms with E-state index in [4.69, 9.17) is 13.8 Å². The van der Waals surface area contributed by atoms with E-state index in [1.807, 2.05) is 13.0 Å². The van der Waals surface area contributed by atoms with Crippen molar-refractivity contribution in [2.45, 2.75) is 46.1 Å². The summed E-state index contributed by atoms with van der Waals surface area (Å²) >= 11 is 3.89. The van der Waals surface area contributed by atoms with Crippen LogP contribution in [0.1, 0.15) is 55.1 Å². The maximum Gasteiger partial charge on any atom is 0.412 e. The Morgan fingerprint density at radius 2 is 2.00 bits per heavy atom. The van der Waals surface area contributed by atoms with Gasteiger partial charge in [0.2, 0.25) is 6.21 Å². The van der Waals surface area contributed by atoms with Gasteiger partial charge in [0.05, 0.1) is 22.8 Å². The quantitative estimate of drug-likeness (QED) is 0.0722. The molecule has 180 valence electrons. The summed E-state index contributed by atoms with van der Waals surface area (Å²) in [6.45, 7) is 6.94. The second-order valence-electron chi connectivity index (χ2n) is 8.30. The minimum Gasteiger partial charge on any atom is -0.487 e. The van der Waals surface area contributed by atoms with Crippen LogP contribution in [0.4, 0.5) is 21.9 Å². The van der Waals surface area contributed by atoms with Crippen molar-refractivity contribution in [3.05, 3.63) is 57.1 Å². The Balaban J connectivity index is 1.73. The molecule has 2 aromatic carbocycles. The van der Waals surface area contributed by atoms with Gasteiger partial charge in [0, 0.05) is 28.9 Å². The first kappa shape index (κ1) is 25.0. The summed E-state index contributed by atoms with van der Waals surface area (Å²) < 4.78 is 17.5. The van der Waals surface area contributed by atoms with Crippen LogP contribution in [0, 0.1) is 17.0 Å². The smallest absolute Gasteiger partial charge is 0.412 e. The zero-order valence-electron chi connectivity index (χ0n) is 19.3. The molecule has 0 aromatic heterocycles. The number of nitrogens with zero attached hydrogens (tertiary/aromatic N) is 2. The predicted octanol–water partition coefficient (Wildman–Crippen LogP) is 5.25. The second kappa shape index (κ2) is 10.1. The van der Waals surface area contributed by atoms with E-state index in [1.54, 1.807) is 32.2 Å². The molecule has 1 heterocycles. The average Bonchev–Trinajstić information content (AvgIpc) is 2.75. The average molecular weight is 489 g/mol. The lowest BCUT2D eigenvalue weighted by Crippen LogP contribution is -2.34. The molecular weight excluding hydrogens is 462 g/mol. The van der Waals surface area contributed by atoms with Gasteiger partial charge in [-0.3, -0.25) is 20.2 Å². The van der Waals surface area contributed by atoms with Crippen molar-refractivity contribution < 1.29 is 33.0 Å². The van der Waals surface area contributed by atoms with Gasteiger partial charge in [-0.1, -0.05) is 6.07 Å². The molecule has 0 spiro atoms. The standard InChI is InChI=1S/C23H25N3O7S/c1-14-7-8-19(16(11-14)15(2)27)25(33-34)9-5-6-10-31-21-12-17-18(13-20(21)26(29)30)24-22(28)32-23(17,3)4/h7-9,11-13H,5-6,10H2,1-4H3,(H-,24,28,34)/p+1. The molecule has 0 aliphatic carbocycles. The van der Waals surface area contributed by atoms with E-state index in [0.29, 0.717) is 35.3 Å². The highest BCUT2D eigenvalue weighted by molar-refractivity contribution is 7.74. The van der Waals surface area contributed by atoms with Crippen LogP contribution in [0.25, 0.3) is 0 Å². The number of cyclic esters (lactones) is 1. The minimum absolute atomic E-state index is 0.0799. The topological polar surface area (TPSA) is 120 Å². The number of ketones is 1. The number of carbonyl (C=O) groups is 2. The number of anilines is 1. The van der Waals surface area contributed by atoms with Gasteiger partial charge >= 0.3 is 11.8 Å². The molecule has 2 aromatic rings. The largest absolute Gasteiger partial charge is 0.487 e. The first-order valence-electron chi connectivity index (χ1n) is 10.5. The molecule has 1 N–H and O–H groups in total. The molecule has 0 radical (unpaired) electrons. The molecular formula is C23H26N3O7S+. The Bertz CT molecular complexity index is 1180. The lowest BCUT2D eigenvalue weighted by Gasteiger charge is -2.32. The Morgan fingerprint density at radius 3 is 2.65 bits per heavy atom. The Labute approximate surface area is 202 Å². The first-order valence-corrected chi connectivity index (χ1v) is 10.9. The Morgan fingerprint density at radius 1 is 1.26 bits per heavy atom. The van der Waals surface area contributed by atoms with Gasteiger partial charge in [-0.25, -0.2) is 4.79 Å². The maximum absolute atomic E-state index is 12.0. The molecule has 10 nitrogen and oxygen atoms in total. The number of hydrogen-bond donors (Lipinski definition) is 2. The summed E-state index contributed by atoms with van der Waals surface area (Å²) in [6, 6.07) is 8.20. The number of amides is 1. The number of thiol groups is 1. The van der Waals surface area contributed by atoms with Crippen LogP contribution in [-0.4, -0.2) is 34.4 Å². The van der Waals surface area contributed by atoms with Crippen molar-refractivity contribution in [1.82, 2.24) is 0 Å². The highest BCUT2D eigenvalue weighted by Crippen LogP contribution is 2.42. The normalized spacial score (nSPS) is 14.5. The molecule has 0 bridgehead atoms. The monoisotopic (exact) mass is 488 g/mol. The van der Waals surface area contributed by atoms with E-state index in [2.05, 4.69) is 18.2 Å². The van der Waals surface area contributed by atoms with E-state index in [-0.39, 0.29) is 23.8 Å². The number of benzene rings is 2. The summed E-state index contributed by atoms with van der Waals surface area (Å²) in [4.78, 5) is 34.7. The van der Waals surface area contributed by atoms with Crippen molar-refractivity contribution >= 4 is 48.1 Å². The van der Waals surface area contributed by atoms with E-state index >= 15 is 0 Å². The number of nitrogens with one attached hydrogen (secondary N) is 1. The molecule has 11 heteroatoms. The molecule has 34 heavy (non-hydrogen) atoms. The number of ether oxygens (including phenoxy) is 2. The van der Waals surface area contributed by atoms with Crippen LogP contribution < -0.4 is 10.1 Å². The van der Waals surface area contributed by atoms with E-state index in [1.165, 1.54) is 23.8 Å². The second-order valence-corrected chi connectivity index (χ2v) is 8.47. The SMILES string of the molecule is CC(=O)c1cc(C)ccc1[N+](=CCCCOc1cc2c(cc1[N+](=O)[O-])NC(=O)OC2(C)C)OS. The number of hydrogen-bond acceptors (Lipinski definition) is 8. The van der Waals surface area contributed by atoms with Gasteiger partial charge in [-0.05, 0) is 51.8 Å². The van der Waals surface area contributed by atoms with Gasteiger partial charge in [-0.2, -0.15) is 4.28 Å². The van der Waals surface area contributed by atoms with Crippen LogP contribution in [0.15, 0.2) is 30.3 Å². The van der Waals surface area contributed by atoms with Gasteiger partial charge < -0.3 is 9.47 Å². The lowest BCUT2D eigenvalue weighted by atomic mass is 9.94. The van der Waals surface area contributed by atoms with Crippen molar-refractivity contribution in [2.24, 2.45) is 0 Å². The number of Topliss-reactive ketones (excluding diaryl/α,β-unsaturated/α-hetero) is 1. The van der Waals surface area contributed by atoms with E-state index in [9.17, 15) is 19.7 Å². The summed E-state index contributed by atoms with van der Waals surface area (Å²) in [5.74, 6) is -0.0232. The summed E-state index contributed by atoms with van der Waals surface area (Å²) in [5, 5.41) is 14.0. The summed E-state index contributed by atoms with van der Waals surface area (Å²) in [5.41, 5.74) is 1.67. The van der Waals surface area contributed by atoms with E-state index < -0.39 is 16.6 Å². The van der Waals surface area contributed by atoms with Crippen LogP contribution in [-0.2, 0) is 14.6 Å². The molecule has 0 atom stereocenters. The highest BCUT2D eigenvalue weighted by atomic mass is 32.1. The van der Waals surface area contributed by atoms with Crippen molar-refractivity contribution in [3.63, 3.8) is 0 Å². The number of rotatable bonds is 9. The molecule has 0 saturated carbocycles. The zero-order valence-corrected chi connectivity index (χ0v) is 20.2. The number of nitro benzene ring substituents is 1. The van der Waals surface area contributed by atoms with Crippen molar-refractivity contribution in [2.75, 3.05) is 11.9 Å². The third kappa shape index (κ3) is 5.48. The maximum atomic E-state index is 12.0. The first-order chi connectivity index (χ1) is 16.0. The number of carbonyl (C=O) groups excluding carboxylic acids is 2. The van der Waals surface area contributed by atoms with Crippen LogP contribution in [0.2, 0.25) is 0 Å². The molecule has 0 unspecified atom stereocenters. The number of aryl methyl sites for hydroxylation is 1. The van der Waals surface area contributed by atoms with Crippen LogP contribution >= 0.6 is 12.9 Å². The fraction of sp³-hybridized carbons (Fsp3) is 0.348. The lowest BCUT2D eigenvalue weighted by molar-refractivity contribution is -0.672. The van der Waals surface area contributed by atoms with E-state index in [0.717, 1.165) is 5.56 Å². The van der Waals surface area contributed by atoms with Gasteiger partial charge in [0.15, 0.2) is 11.5 Å². The fourth-order valence-corrected chi connectivity index (χ4v) is 3.78. The molecule has 1 aliphatic heterocycles. The number of nitro groups is 1. The molecule has 0 fully saturated rings. The Hall–Kier alpha value is -3.60. The van der Waals surface area contributed by atoms with Crippen molar-refractivity contribution in [1.29, 1.82) is 0 Å². The van der Waals surface area contributed by atoms with Gasteiger partial charge in [0.1, 0.15) is 18.5 Å². The van der Waals surface area contributed by atoms with Crippen molar-refractivity contribution in [3.8, 4) is 5.75 Å². The third-order valence-corrected chi connectivity index (χ3v) is 5.46. The predicted molar refractivity (Wildman–Crippen MR) is 128 cm³/mol. The van der Waals surface area contributed by atoms with Crippen LogP contribution in [0.5, 0.6) is 5.75 Å². The fourth-order valence-electron chi connectivity index (χ4n) is 3.62. The molecule has 1 aliphatic rings. The molecule has 1 amide bonds. The number of fused-ring (bicyclic) bond motifs is 1. The number of unbranched alkanes of at least 4 members (excludes halogenated alkanes) is 1. The Kier molecular flexibility index (Phi) is 7.45. The molecule has 3 rings (SSSR count). The third-order valence-electron chi connectivity index (χ3n) is 5.29. The summed E-state index contributed by atoms with van der Waals surface area (Å²) in [7, 11) is 0. The minimum atomic E-state index is -0.967.